The monoisotopic (exact) mass is 324 g/mol. The molecule has 0 saturated heterocycles. The molecule has 124 valence electrons. The van der Waals surface area contributed by atoms with E-state index in [2.05, 4.69) is 9.55 Å². The van der Waals surface area contributed by atoms with Gasteiger partial charge in [-0.25, -0.2) is 4.98 Å². The molecule has 3 aromatic rings. The number of rotatable bonds is 7. The highest BCUT2D eigenvalue weighted by molar-refractivity contribution is 5.64. The van der Waals surface area contributed by atoms with E-state index in [1.54, 1.807) is 13.3 Å². The molecule has 1 aromatic heterocycles. The Morgan fingerprint density at radius 3 is 2.62 bits per heavy atom. The van der Waals surface area contributed by atoms with Crippen molar-refractivity contribution in [1.82, 2.24) is 9.55 Å². The van der Waals surface area contributed by atoms with Crippen LogP contribution in [0.3, 0.4) is 0 Å². The number of ether oxygens (including phenoxy) is 2. The number of aromatic nitrogens is 2. The van der Waals surface area contributed by atoms with E-state index >= 15 is 0 Å². The number of nitrogens with zero attached hydrogens (tertiary/aromatic N) is 2. The second kappa shape index (κ2) is 7.66. The van der Waals surface area contributed by atoms with Crippen molar-refractivity contribution < 1.29 is 14.6 Å². The van der Waals surface area contributed by atoms with Crippen molar-refractivity contribution in [3.05, 3.63) is 66.5 Å². The van der Waals surface area contributed by atoms with E-state index in [9.17, 15) is 0 Å². The average molecular weight is 324 g/mol. The van der Waals surface area contributed by atoms with Crippen LogP contribution in [0.25, 0.3) is 11.4 Å². The van der Waals surface area contributed by atoms with Gasteiger partial charge in [0.05, 0.1) is 19.3 Å². The maximum absolute atomic E-state index is 8.99. The van der Waals surface area contributed by atoms with Crippen LogP contribution < -0.4 is 9.47 Å². The molecule has 1 N–H and O–H groups in total. The van der Waals surface area contributed by atoms with E-state index in [4.69, 9.17) is 14.6 Å². The van der Waals surface area contributed by atoms with Gasteiger partial charge in [-0.15, -0.1) is 0 Å². The number of imidazole rings is 1. The number of methoxy groups -OCH3 is 1. The first-order valence-corrected chi connectivity index (χ1v) is 7.79. The van der Waals surface area contributed by atoms with Crippen molar-refractivity contribution in [2.45, 2.75) is 6.54 Å². The van der Waals surface area contributed by atoms with Crippen molar-refractivity contribution in [2.75, 3.05) is 20.3 Å². The van der Waals surface area contributed by atoms with E-state index in [0.29, 0.717) is 12.3 Å². The summed E-state index contributed by atoms with van der Waals surface area (Å²) in [6.45, 7) is 0.943. The standard InChI is InChI=1S/C19H20N2O3/c1-23-16-8-6-15(7-9-16)14-21-11-10-20-19(21)17-4-2-3-5-18(17)24-13-12-22/h2-11,22H,12-14H2,1H3. The Morgan fingerprint density at radius 2 is 1.88 bits per heavy atom. The van der Waals surface area contributed by atoms with E-state index in [1.165, 1.54) is 0 Å². The molecule has 0 fully saturated rings. The minimum Gasteiger partial charge on any atom is -0.497 e. The highest BCUT2D eigenvalue weighted by Crippen LogP contribution is 2.29. The van der Waals surface area contributed by atoms with Crippen LogP contribution in [0.5, 0.6) is 11.5 Å². The minimum atomic E-state index is -0.0192. The van der Waals surface area contributed by atoms with Gasteiger partial charge >= 0.3 is 0 Å². The molecule has 1 heterocycles. The molecule has 0 bridgehead atoms. The SMILES string of the molecule is COc1ccc(Cn2ccnc2-c2ccccc2OCCO)cc1. The molecule has 0 spiro atoms. The predicted octanol–water partition coefficient (Wildman–Crippen LogP) is 2.98. The van der Waals surface area contributed by atoms with Crippen LogP contribution in [0.1, 0.15) is 5.56 Å². The molecule has 0 aliphatic carbocycles. The Hall–Kier alpha value is -2.79. The van der Waals surface area contributed by atoms with Crippen LogP contribution in [0.15, 0.2) is 60.9 Å². The molecule has 0 atom stereocenters. The molecular weight excluding hydrogens is 304 g/mol. The molecule has 0 radical (unpaired) electrons. The summed E-state index contributed by atoms with van der Waals surface area (Å²) in [6.07, 6.45) is 3.73. The van der Waals surface area contributed by atoms with Gasteiger partial charge in [-0.2, -0.15) is 0 Å². The summed E-state index contributed by atoms with van der Waals surface area (Å²) in [5.41, 5.74) is 2.06. The van der Waals surface area contributed by atoms with Gasteiger partial charge in [0.15, 0.2) is 0 Å². The zero-order valence-electron chi connectivity index (χ0n) is 13.6. The maximum Gasteiger partial charge on any atom is 0.143 e. The molecule has 0 unspecified atom stereocenters. The minimum absolute atomic E-state index is 0.0192. The fourth-order valence-corrected chi connectivity index (χ4v) is 2.54. The first-order valence-electron chi connectivity index (χ1n) is 7.79. The maximum atomic E-state index is 8.99. The molecule has 2 aromatic carbocycles. The van der Waals surface area contributed by atoms with Gasteiger partial charge in [0.25, 0.3) is 0 Å². The van der Waals surface area contributed by atoms with E-state index in [-0.39, 0.29) is 13.2 Å². The molecule has 3 rings (SSSR count). The van der Waals surface area contributed by atoms with Crippen molar-refractivity contribution in [3.63, 3.8) is 0 Å². The fraction of sp³-hybridized carbons (Fsp3) is 0.211. The molecule has 5 nitrogen and oxygen atoms in total. The third-order valence-corrected chi connectivity index (χ3v) is 3.70. The second-order valence-corrected chi connectivity index (χ2v) is 5.30. The van der Waals surface area contributed by atoms with Crippen molar-refractivity contribution in [3.8, 4) is 22.9 Å². The van der Waals surface area contributed by atoms with Gasteiger partial charge in [0.2, 0.25) is 0 Å². The van der Waals surface area contributed by atoms with Crippen LogP contribution in [-0.2, 0) is 6.54 Å². The summed E-state index contributed by atoms with van der Waals surface area (Å²) in [6, 6.07) is 15.7. The number of hydrogen-bond donors (Lipinski definition) is 1. The molecular formula is C19H20N2O3. The van der Waals surface area contributed by atoms with E-state index in [0.717, 1.165) is 22.7 Å². The lowest BCUT2D eigenvalue weighted by molar-refractivity contribution is 0.202. The zero-order chi connectivity index (χ0) is 16.8. The summed E-state index contributed by atoms with van der Waals surface area (Å²) in [5.74, 6) is 2.39. The Morgan fingerprint density at radius 1 is 1.08 bits per heavy atom. The van der Waals surface area contributed by atoms with E-state index in [1.807, 2.05) is 54.7 Å². The highest BCUT2D eigenvalue weighted by atomic mass is 16.5. The summed E-state index contributed by atoms with van der Waals surface area (Å²) in [7, 11) is 1.66. The third kappa shape index (κ3) is 3.58. The van der Waals surface area contributed by atoms with Gasteiger partial charge in [0.1, 0.15) is 23.9 Å². The van der Waals surface area contributed by atoms with E-state index < -0.39 is 0 Å². The summed E-state index contributed by atoms with van der Waals surface area (Å²) in [4.78, 5) is 4.48. The zero-order valence-corrected chi connectivity index (χ0v) is 13.6. The van der Waals surface area contributed by atoms with Crippen LogP contribution in [0, 0.1) is 0 Å². The first kappa shape index (κ1) is 16.1. The fourth-order valence-electron chi connectivity index (χ4n) is 2.54. The van der Waals surface area contributed by atoms with Crippen LogP contribution in [0.2, 0.25) is 0 Å². The largest absolute Gasteiger partial charge is 0.497 e. The Kier molecular flexibility index (Phi) is 5.13. The van der Waals surface area contributed by atoms with Crippen LogP contribution in [-0.4, -0.2) is 35.0 Å². The number of benzene rings is 2. The van der Waals surface area contributed by atoms with Gasteiger partial charge in [-0.3, -0.25) is 0 Å². The summed E-state index contributed by atoms with van der Waals surface area (Å²) in [5, 5.41) is 8.99. The molecule has 0 aliphatic heterocycles. The predicted molar refractivity (Wildman–Crippen MR) is 92.3 cm³/mol. The van der Waals surface area contributed by atoms with Crippen molar-refractivity contribution in [2.24, 2.45) is 0 Å². The molecule has 24 heavy (non-hydrogen) atoms. The third-order valence-electron chi connectivity index (χ3n) is 3.70. The Balaban J connectivity index is 1.87. The van der Waals surface area contributed by atoms with Gasteiger partial charge in [-0.05, 0) is 29.8 Å². The average Bonchev–Trinajstić information content (AvgIpc) is 3.09. The summed E-state index contributed by atoms with van der Waals surface area (Å²) >= 11 is 0. The van der Waals surface area contributed by atoms with Crippen LogP contribution in [0.4, 0.5) is 0 Å². The number of hydrogen-bond acceptors (Lipinski definition) is 4. The van der Waals surface area contributed by atoms with Gasteiger partial charge in [-0.1, -0.05) is 24.3 Å². The van der Waals surface area contributed by atoms with Gasteiger partial charge in [0, 0.05) is 18.9 Å². The van der Waals surface area contributed by atoms with Crippen molar-refractivity contribution >= 4 is 0 Å². The number of aliphatic hydroxyl groups excluding tert-OH is 1. The Bertz CT molecular complexity index is 781. The van der Waals surface area contributed by atoms with Crippen molar-refractivity contribution in [1.29, 1.82) is 0 Å². The first-order chi connectivity index (χ1) is 11.8. The number of para-hydroxylation sites is 1. The Labute approximate surface area is 141 Å². The molecule has 0 amide bonds. The molecule has 0 aliphatic rings. The van der Waals surface area contributed by atoms with Gasteiger partial charge < -0.3 is 19.1 Å². The van der Waals surface area contributed by atoms with Crippen LogP contribution >= 0.6 is 0 Å². The lowest BCUT2D eigenvalue weighted by atomic mass is 10.1. The lowest BCUT2D eigenvalue weighted by Crippen LogP contribution is -2.05. The highest BCUT2D eigenvalue weighted by Gasteiger charge is 2.12. The topological polar surface area (TPSA) is 56.5 Å². The normalized spacial score (nSPS) is 10.6. The smallest absolute Gasteiger partial charge is 0.143 e. The lowest BCUT2D eigenvalue weighted by Gasteiger charge is -2.13. The molecule has 0 saturated carbocycles. The number of aliphatic hydroxyl groups is 1. The quantitative estimate of drug-likeness (QED) is 0.726. The second-order valence-electron chi connectivity index (χ2n) is 5.30. The summed E-state index contributed by atoms with van der Waals surface area (Å²) < 4.78 is 12.9. The molecule has 5 heteroatoms.